The van der Waals surface area contributed by atoms with Crippen LogP contribution in [0.1, 0.15) is 29.8 Å². The number of benzene rings is 3. The molecule has 6 nitrogen and oxygen atoms in total. The van der Waals surface area contributed by atoms with Gasteiger partial charge in [0.1, 0.15) is 18.2 Å². The number of hydrogen-bond donors (Lipinski definition) is 2. The van der Waals surface area contributed by atoms with E-state index in [1.54, 1.807) is 0 Å². The number of nitrogens with one attached hydrogen (secondary N) is 2. The number of H-pyrrole nitrogens is 1. The number of piperidine rings is 1. The molecule has 4 aromatic rings. The summed E-state index contributed by atoms with van der Waals surface area (Å²) >= 11 is 0. The molecule has 1 saturated heterocycles. The first-order valence-electron chi connectivity index (χ1n) is 11.9. The van der Waals surface area contributed by atoms with E-state index >= 15 is 0 Å². The van der Waals surface area contributed by atoms with E-state index in [1.165, 1.54) is 0 Å². The molecule has 2 N–H and O–H groups in total. The normalized spacial score (nSPS) is 14.8. The summed E-state index contributed by atoms with van der Waals surface area (Å²) in [7, 11) is 0. The third-order valence-electron chi connectivity index (χ3n) is 6.41. The molecule has 1 fully saturated rings. The number of para-hydroxylation sites is 2. The molecule has 0 bridgehead atoms. The van der Waals surface area contributed by atoms with Gasteiger partial charge in [0.15, 0.2) is 0 Å². The molecular weight excluding hydrogens is 424 g/mol. The second kappa shape index (κ2) is 10.5. The first-order chi connectivity index (χ1) is 16.7. The van der Waals surface area contributed by atoms with Gasteiger partial charge in [-0.1, -0.05) is 54.6 Å². The van der Waals surface area contributed by atoms with Gasteiger partial charge in [-0.05, 0) is 61.3 Å². The lowest BCUT2D eigenvalue weighted by atomic mass is 9.96. The van der Waals surface area contributed by atoms with Gasteiger partial charge in [-0.15, -0.1) is 0 Å². The molecule has 34 heavy (non-hydrogen) atoms. The van der Waals surface area contributed by atoms with Crippen LogP contribution in [0.25, 0.3) is 11.0 Å². The molecule has 0 radical (unpaired) electrons. The number of carbonyl (C=O) groups excluding carboxylic acids is 1. The number of ether oxygens (including phenoxy) is 1. The van der Waals surface area contributed by atoms with Crippen molar-refractivity contribution in [1.82, 2.24) is 20.2 Å². The molecule has 5 rings (SSSR count). The van der Waals surface area contributed by atoms with Crippen molar-refractivity contribution in [3.63, 3.8) is 0 Å². The smallest absolute Gasteiger partial charge is 0.223 e. The van der Waals surface area contributed by atoms with Gasteiger partial charge in [0.25, 0.3) is 0 Å². The first-order valence-corrected chi connectivity index (χ1v) is 11.9. The second-order valence-electron chi connectivity index (χ2n) is 8.89. The van der Waals surface area contributed by atoms with Gasteiger partial charge in [0, 0.05) is 12.5 Å². The van der Waals surface area contributed by atoms with Crippen molar-refractivity contribution < 1.29 is 9.53 Å². The highest BCUT2D eigenvalue weighted by molar-refractivity contribution is 5.78. The Hall–Kier alpha value is -3.64. The van der Waals surface area contributed by atoms with Crippen LogP contribution in [-0.2, 0) is 24.5 Å². The molecule has 2 heterocycles. The molecule has 0 saturated carbocycles. The summed E-state index contributed by atoms with van der Waals surface area (Å²) in [5, 5.41) is 3.11. The van der Waals surface area contributed by atoms with E-state index in [1.807, 2.05) is 78.9 Å². The van der Waals surface area contributed by atoms with Crippen LogP contribution < -0.4 is 10.1 Å². The molecule has 0 spiro atoms. The average Bonchev–Trinajstić information content (AvgIpc) is 3.30. The van der Waals surface area contributed by atoms with Gasteiger partial charge in [0.2, 0.25) is 5.91 Å². The van der Waals surface area contributed by atoms with Gasteiger partial charge in [-0.3, -0.25) is 9.69 Å². The molecule has 0 aliphatic carbocycles. The van der Waals surface area contributed by atoms with E-state index in [4.69, 9.17) is 4.74 Å². The van der Waals surface area contributed by atoms with Crippen molar-refractivity contribution in [2.24, 2.45) is 5.92 Å². The summed E-state index contributed by atoms with van der Waals surface area (Å²) < 4.78 is 5.84. The van der Waals surface area contributed by atoms with Crippen molar-refractivity contribution in [2.75, 3.05) is 13.1 Å². The van der Waals surface area contributed by atoms with Crippen LogP contribution >= 0.6 is 0 Å². The van der Waals surface area contributed by atoms with Gasteiger partial charge >= 0.3 is 0 Å². The lowest BCUT2D eigenvalue weighted by Crippen LogP contribution is -2.40. The molecule has 3 aromatic carbocycles. The molecule has 1 aliphatic rings. The Morgan fingerprint density at radius 1 is 0.941 bits per heavy atom. The highest BCUT2D eigenvalue weighted by Crippen LogP contribution is 2.20. The van der Waals surface area contributed by atoms with Crippen LogP contribution in [-0.4, -0.2) is 33.9 Å². The van der Waals surface area contributed by atoms with E-state index in [0.717, 1.165) is 66.2 Å². The molecule has 1 amide bonds. The number of likely N-dealkylation sites (tertiary alicyclic amines) is 1. The zero-order valence-electron chi connectivity index (χ0n) is 19.2. The van der Waals surface area contributed by atoms with Crippen LogP contribution in [0, 0.1) is 5.92 Å². The largest absolute Gasteiger partial charge is 0.489 e. The number of nitrogens with zero attached hydrogens (tertiary/aromatic N) is 2. The third-order valence-corrected chi connectivity index (χ3v) is 6.41. The molecule has 0 unspecified atom stereocenters. The van der Waals surface area contributed by atoms with Crippen molar-refractivity contribution >= 4 is 16.9 Å². The van der Waals surface area contributed by atoms with Crippen molar-refractivity contribution in [3.8, 4) is 5.75 Å². The Bertz CT molecular complexity index is 1180. The quantitative estimate of drug-likeness (QED) is 0.406. The number of rotatable bonds is 8. The fourth-order valence-corrected chi connectivity index (χ4v) is 4.42. The van der Waals surface area contributed by atoms with Gasteiger partial charge in [0.05, 0.1) is 17.6 Å². The van der Waals surface area contributed by atoms with E-state index < -0.39 is 0 Å². The summed E-state index contributed by atoms with van der Waals surface area (Å²) in [6.07, 6.45) is 1.75. The maximum absolute atomic E-state index is 12.7. The summed E-state index contributed by atoms with van der Waals surface area (Å²) in [5.41, 5.74) is 4.29. The standard InChI is InChI=1S/C28H30N4O2/c33-28(29-18-21-10-12-24(13-11-21)34-20-22-6-2-1-3-7-22)23-14-16-32(17-15-23)19-27-30-25-8-4-5-9-26(25)31-27/h1-13,23H,14-20H2,(H,29,33)(H,30,31). The number of aromatic nitrogens is 2. The van der Waals surface area contributed by atoms with Crippen LogP contribution in [0.5, 0.6) is 5.75 Å². The topological polar surface area (TPSA) is 70.2 Å². The second-order valence-corrected chi connectivity index (χ2v) is 8.89. The van der Waals surface area contributed by atoms with Crippen LogP contribution in [0.15, 0.2) is 78.9 Å². The lowest BCUT2D eigenvalue weighted by Gasteiger charge is -2.30. The minimum absolute atomic E-state index is 0.0698. The van der Waals surface area contributed by atoms with E-state index in [9.17, 15) is 4.79 Å². The monoisotopic (exact) mass is 454 g/mol. The first kappa shape index (κ1) is 22.2. The number of carbonyl (C=O) groups is 1. The fourth-order valence-electron chi connectivity index (χ4n) is 4.42. The van der Waals surface area contributed by atoms with Crippen molar-refractivity contribution in [2.45, 2.75) is 32.5 Å². The summed E-state index contributed by atoms with van der Waals surface area (Å²) in [6, 6.07) is 26.1. The zero-order chi connectivity index (χ0) is 23.2. The van der Waals surface area contributed by atoms with E-state index in [0.29, 0.717) is 13.2 Å². The number of imidazole rings is 1. The van der Waals surface area contributed by atoms with Crippen LogP contribution in [0.3, 0.4) is 0 Å². The van der Waals surface area contributed by atoms with E-state index in [-0.39, 0.29) is 11.8 Å². The predicted molar refractivity (Wildman–Crippen MR) is 133 cm³/mol. The van der Waals surface area contributed by atoms with Gasteiger partial charge < -0.3 is 15.0 Å². The molecule has 174 valence electrons. The number of amides is 1. The van der Waals surface area contributed by atoms with Crippen LogP contribution in [0.2, 0.25) is 0 Å². The minimum atomic E-state index is 0.0698. The molecular formula is C28H30N4O2. The highest BCUT2D eigenvalue weighted by Gasteiger charge is 2.25. The molecule has 1 aromatic heterocycles. The third kappa shape index (κ3) is 5.64. The van der Waals surface area contributed by atoms with E-state index in [2.05, 4.69) is 20.2 Å². The maximum Gasteiger partial charge on any atom is 0.223 e. The molecule has 1 aliphatic heterocycles. The Morgan fingerprint density at radius 3 is 2.44 bits per heavy atom. The average molecular weight is 455 g/mol. The van der Waals surface area contributed by atoms with Gasteiger partial charge in [-0.25, -0.2) is 4.98 Å². The van der Waals surface area contributed by atoms with Crippen molar-refractivity contribution in [3.05, 3.63) is 95.8 Å². The fraction of sp³-hybridized carbons (Fsp3) is 0.286. The Balaban J connectivity index is 1.04. The van der Waals surface area contributed by atoms with Crippen LogP contribution in [0.4, 0.5) is 0 Å². The summed E-state index contributed by atoms with van der Waals surface area (Å²) in [6.45, 7) is 3.69. The zero-order valence-corrected chi connectivity index (χ0v) is 19.2. The Labute approximate surface area is 200 Å². The Kier molecular flexibility index (Phi) is 6.86. The van der Waals surface area contributed by atoms with Gasteiger partial charge in [-0.2, -0.15) is 0 Å². The summed E-state index contributed by atoms with van der Waals surface area (Å²) in [4.78, 5) is 23.1. The molecule has 6 heteroatoms. The number of hydrogen-bond acceptors (Lipinski definition) is 4. The lowest BCUT2D eigenvalue weighted by molar-refractivity contribution is -0.126. The SMILES string of the molecule is O=C(NCc1ccc(OCc2ccccc2)cc1)C1CCN(Cc2nc3ccccc3[nH]2)CC1. The summed E-state index contributed by atoms with van der Waals surface area (Å²) in [5.74, 6) is 2.03. The minimum Gasteiger partial charge on any atom is -0.489 e. The molecule has 0 atom stereocenters. The maximum atomic E-state index is 12.7. The van der Waals surface area contributed by atoms with Crippen molar-refractivity contribution in [1.29, 1.82) is 0 Å². The highest BCUT2D eigenvalue weighted by atomic mass is 16.5. The Morgan fingerprint density at radius 2 is 1.68 bits per heavy atom. The predicted octanol–water partition coefficient (Wildman–Crippen LogP) is 4.67. The number of fused-ring (bicyclic) bond motifs is 1. The number of aromatic amines is 1.